The summed E-state index contributed by atoms with van der Waals surface area (Å²) in [7, 11) is 0. The van der Waals surface area contributed by atoms with Crippen LogP contribution in [0.1, 0.15) is 31.9 Å². The van der Waals surface area contributed by atoms with Crippen LogP contribution in [-0.4, -0.2) is 41.0 Å². The fourth-order valence-corrected chi connectivity index (χ4v) is 3.15. The van der Waals surface area contributed by atoms with Crippen LogP contribution in [0, 0.1) is 12.8 Å². The minimum absolute atomic E-state index is 0.0997. The number of ether oxygens (including phenoxy) is 1. The van der Waals surface area contributed by atoms with Gasteiger partial charge >= 0.3 is 5.97 Å². The first kappa shape index (κ1) is 16.9. The van der Waals surface area contributed by atoms with Crippen LogP contribution in [0.2, 0.25) is 0 Å². The number of hydrogen-bond donors (Lipinski definition) is 1. The van der Waals surface area contributed by atoms with Gasteiger partial charge in [0.15, 0.2) is 0 Å². The van der Waals surface area contributed by atoms with Crippen LogP contribution in [0.15, 0.2) is 24.3 Å². The van der Waals surface area contributed by atoms with E-state index in [1.165, 1.54) is 5.56 Å². The number of carbonyl (C=O) groups excluding carboxylic acids is 1. The summed E-state index contributed by atoms with van der Waals surface area (Å²) in [5, 5.41) is 11.1. The van der Waals surface area contributed by atoms with E-state index in [4.69, 9.17) is 9.57 Å². The molecule has 5 heteroatoms. The molecular formula is C17H25NO4. The molecule has 2 aliphatic rings. The molecule has 2 saturated heterocycles. The number of fused-ring (bicyclic) bond motifs is 1. The fraction of sp³-hybridized carbons (Fsp3) is 0.588. The lowest BCUT2D eigenvalue weighted by Crippen LogP contribution is -2.35. The van der Waals surface area contributed by atoms with Crippen molar-refractivity contribution in [2.75, 3.05) is 6.61 Å². The third-order valence-electron chi connectivity index (χ3n) is 4.06. The number of cyclic esters (lactones) is 1. The maximum absolute atomic E-state index is 12.0. The number of hydroxylamine groups is 2. The second-order valence-electron chi connectivity index (χ2n) is 5.55. The summed E-state index contributed by atoms with van der Waals surface area (Å²) in [5.41, 5.74) is 2.24. The standard InChI is InChI=1S/C15H19NO4.C2H6/c1-9-4-3-5-11(6-9)7-16-14-13(12(8-17)20-16)10(2)19-15(14)18;1-2/h3-6,10,12-14,17H,7-8H2,1-2H3;1-2H3/t10-,12?,13?,14?;/m0./s1. The predicted molar refractivity (Wildman–Crippen MR) is 82.9 cm³/mol. The smallest absolute Gasteiger partial charge is 0.326 e. The Morgan fingerprint density at radius 2 is 2.05 bits per heavy atom. The van der Waals surface area contributed by atoms with Crippen LogP contribution in [-0.2, 0) is 20.9 Å². The Balaban J connectivity index is 0.000000847. The normalized spacial score (nSPS) is 30.5. The van der Waals surface area contributed by atoms with E-state index in [0.29, 0.717) is 6.54 Å². The van der Waals surface area contributed by atoms with Gasteiger partial charge in [-0.2, -0.15) is 5.06 Å². The lowest BCUT2D eigenvalue weighted by Gasteiger charge is -2.20. The zero-order chi connectivity index (χ0) is 16.3. The summed E-state index contributed by atoms with van der Waals surface area (Å²) in [6.45, 7) is 8.29. The fourth-order valence-electron chi connectivity index (χ4n) is 3.15. The Hall–Kier alpha value is -1.43. The molecule has 1 aromatic rings. The molecule has 0 spiro atoms. The van der Waals surface area contributed by atoms with E-state index in [1.807, 2.05) is 45.9 Å². The van der Waals surface area contributed by atoms with E-state index in [1.54, 1.807) is 5.06 Å². The second-order valence-corrected chi connectivity index (χ2v) is 5.55. The number of esters is 1. The molecule has 4 atom stereocenters. The highest BCUT2D eigenvalue weighted by Crippen LogP contribution is 2.38. The molecule has 0 radical (unpaired) electrons. The number of rotatable bonds is 3. The van der Waals surface area contributed by atoms with Crippen molar-refractivity contribution < 1.29 is 19.5 Å². The Labute approximate surface area is 131 Å². The number of nitrogens with zero attached hydrogens (tertiary/aromatic N) is 1. The third kappa shape index (κ3) is 3.16. The van der Waals surface area contributed by atoms with Crippen LogP contribution < -0.4 is 0 Å². The summed E-state index contributed by atoms with van der Waals surface area (Å²) >= 11 is 0. The van der Waals surface area contributed by atoms with Gasteiger partial charge in [0.1, 0.15) is 18.2 Å². The summed E-state index contributed by atoms with van der Waals surface area (Å²) < 4.78 is 5.28. The molecule has 2 fully saturated rings. The first-order valence-corrected chi connectivity index (χ1v) is 7.90. The van der Waals surface area contributed by atoms with Crippen LogP contribution >= 0.6 is 0 Å². The van der Waals surface area contributed by atoms with E-state index < -0.39 is 6.04 Å². The summed E-state index contributed by atoms with van der Waals surface area (Å²) in [6, 6.07) is 7.66. The van der Waals surface area contributed by atoms with Gasteiger partial charge in [-0.15, -0.1) is 0 Å². The van der Waals surface area contributed by atoms with Crippen molar-refractivity contribution in [2.24, 2.45) is 5.92 Å². The average Bonchev–Trinajstić information content (AvgIpc) is 3.01. The van der Waals surface area contributed by atoms with Gasteiger partial charge in [0, 0.05) is 0 Å². The molecule has 0 amide bonds. The van der Waals surface area contributed by atoms with Crippen LogP contribution in [0.3, 0.4) is 0 Å². The maximum Gasteiger partial charge on any atom is 0.326 e. The van der Waals surface area contributed by atoms with Gasteiger partial charge in [-0.1, -0.05) is 43.7 Å². The van der Waals surface area contributed by atoms with E-state index in [0.717, 1.165) is 5.56 Å². The van der Waals surface area contributed by atoms with Crippen LogP contribution in [0.5, 0.6) is 0 Å². The molecule has 1 aromatic carbocycles. The largest absolute Gasteiger partial charge is 0.461 e. The summed E-state index contributed by atoms with van der Waals surface area (Å²) in [6.07, 6.45) is -0.585. The second kappa shape index (κ2) is 7.22. The molecule has 2 heterocycles. The molecule has 0 aliphatic carbocycles. The Morgan fingerprint density at radius 1 is 1.32 bits per heavy atom. The predicted octanol–water partition coefficient (Wildman–Crippen LogP) is 2.06. The quantitative estimate of drug-likeness (QED) is 0.866. The molecule has 0 bridgehead atoms. The average molecular weight is 307 g/mol. The monoisotopic (exact) mass is 307 g/mol. The first-order valence-electron chi connectivity index (χ1n) is 7.90. The van der Waals surface area contributed by atoms with Crippen molar-refractivity contribution in [3.63, 3.8) is 0 Å². The molecule has 122 valence electrons. The number of benzene rings is 1. The third-order valence-corrected chi connectivity index (χ3v) is 4.06. The maximum atomic E-state index is 12.0. The Morgan fingerprint density at radius 3 is 2.68 bits per heavy atom. The molecule has 3 unspecified atom stereocenters. The van der Waals surface area contributed by atoms with E-state index in [2.05, 4.69) is 6.07 Å². The van der Waals surface area contributed by atoms with E-state index in [-0.39, 0.29) is 30.7 Å². The van der Waals surface area contributed by atoms with E-state index >= 15 is 0 Å². The van der Waals surface area contributed by atoms with E-state index in [9.17, 15) is 9.90 Å². The topological polar surface area (TPSA) is 59.0 Å². The zero-order valence-corrected chi connectivity index (χ0v) is 13.7. The highest BCUT2D eigenvalue weighted by atomic mass is 16.7. The highest BCUT2D eigenvalue weighted by Gasteiger charge is 2.55. The number of aliphatic hydroxyl groups is 1. The van der Waals surface area contributed by atoms with Gasteiger partial charge in [0.25, 0.3) is 0 Å². The molecule has 1 N–H and O–H groups in total. The van der Waals surface area contributed by atoms with Gasteiger partial charge < -0.3 is 9.84 Å². The molecule has 0 aromatic heterocycles. The zero-order valence-electron chi connectivity index (χ0n) is 13.7. The number of aliphatic hydroxyl groups excluding tert-OH is 1. The molecule has 0 saturated carbocycles. The lowest BCUT2D eigenvalue weighted by molar-refractivity contribution is -0.195. The van der Waals surface area contributed by atoms with Crippen molar-refractivity contribution in [3.8, 4) is 0 Å². The number of carbonyl (C=O) groups is 1. The number of hydrogen-bond acceptors (Lipinski definition) is 5. The van der Waals surface area contributed by atoms with Gasteiger partial charge in [0.2, 0.25) is 0 Å². The first-order chi connectivity index (χ1) is 10.6. The van der Waals surface area contributed by atoms with Gasteiger partial charge in [0.05, 0.1) is 19.1 Å². The Bertz CT molecular complexity index is 519. The van der Waals surface area contributed by atoms with Gasteiger partial charge in [-0.3, -0.25) is 9.63 Å². The molecular weight excluding hydrogens is 282 g/mol. The lowest BCUT2D eigenvalue weighted by atomic mass is 9.93. The molecule has 22 heavy (non-hydrogen) atoms. The van der Waals surface area contributed by atoms with Crippen molar-refractivity contribution >= 4 is 5.97 Å². The van der Waals surface area contributed by atoms with Crippen molar-refractivity contribution in [3.05, 3.63) is 35.4 Å². The highest BCUT2D eigenvalue weighted by molar-refractivity contribution is 5.79. The SMILES string of the molecule is CC.Cc1cccc(CN2OC(CO)C3C2C(=O)O[C@H]3C)c1. The number of aryl methyl sites for hydroxylation is 1. The van der Waals surface area contributed by atoms with Crippen LogP contribution in [0.4, 0.5) is 0 Å². The summed E-state index contributed by atoms with van der Waals surface area (Å²) in [4.78, 5) is 17.7. The minimum Gasteiger partial charge on any atom is -0.461 e. The van der Waals surface area contributed by atoms with Gasteiger partial charge in [-0.25, -0.2) is 0 Å². The molecule has 2 aliphatic heterocycles. The molecule has 5 nitrogen and oxygen atoms in total. The van der Waals surface area contributed by atoms with Gasteiger partial charge in [-0.05, 0) is 19.4 Å². The molecule has 3 rings (SSSR count). The van der Waals surface area contributed by atoms with Crippen molar-refractivity contribution in [2.45, 2.75) is 52.5 Å². The van der Waals surface area contributed by atoms with Crippen molar-refractivity contribution in [1.29, 1.82) is 0 Å². The Kier molecular flexibility index (Phi) is 5.56. The summed E-state index contributed by atoms with van der Waals surface area (Å²) in [5.74, 6) is -0.358. The van der Waals surface area contributed by atoms with Crippen molar-refractivity contribution in [1.82, 2.24) is 5.06 Å². The minimum atomic E-state index is -0.414. The van der Waals surface area contributed by atoms with Crippen LogP contribution in [0.25, 0.3) is 0 Å².